The summed E-state index contributed by atoms with van der Waals surface area (Å²) >= 11 is 2.81. The lowest BCUT2D eigenvalue weighted by Crippen LogP contribution is -2.13. The fraction of sp³-hybridized carbons (Fsp3) is 0.417. The first-order valence-corrected chi connectivity index (χ1v) is 7.95. The molecular formula is C12H14N4OS2. The van der Waals surface area contributed by atoms with Gasteiger partial charge in [-0.3, -0.25) is 10.2 Å². The Kier molecular flexibility index (Phi) is 3.32. The van der Waals surface area contributed by atoms with E-state index in [1.165, 1.54) is 28.6 Å². The molecule has 0 radical (unpaired) electrons. The Balaban J connectivity index is 2.06. The van der Waals surface area contributed by atoms with Crippen molar-refractivity contribution in [2.75, 3.05) is 0 Å². The van der Waals surface area contributed by atoms with Crippen molar-refractivity contribution in [3.05, 3.63) is 26.6 Å². The van der Waals surface area contributed by atoms with E-state index in [2.05, 4.69) is 9.97 Å². The van der Waals surface area contributed by atoms with Crippen molar-refractivity contribution in [2.45, 2.75) is 31.4 Å². The van der Waals surface area contributed by atoms with E-state index in [4.69, 9.17) is 11.1 Å². The summed E-state index contributed by atoms with van der Waals surface area (Å²) in [4.78, 5) is 21.6. The lowest BCUT2D eigenvalue weighted by molar-refractivity contribution is 0.700. The molecule has 7 heteroatoms. The zero-order chi connectivity index (χ0) is 13.4. The quantitative estimate of drug-likeness (QED) is 0.583. The van der Waals surface area contributed by atoms with Gasteiger partial charge in [0.2, 0.25) is 0 Å². The lowest BCUT2D eigenvalue weighted by atomic mass is 9.97. The van der Waals surface area contributed by atoms with Crippen LogP contribution < -0.4 is 11.3 Å². The number of fused-ring (bicyclic) bond motifs is 3. The summed E-state index contributed by atoms with van der Waals surface area (Å²) in [5.74, 6) is 1.03. The summed E-state index contributed by atoms with van der Waals surface area (Å²) in [6.07, 6.45) is 4.40. The van der Waals surface area contributed by atoms with Crippen LogP contribution in [-0.2, 0) is 18.6 Å². The SMILES string of the molecule is N=C(N)SCc1nc2sc3c(c2c(=O)[nH]1)CCCC3. The third-order valence-electron chi connectivity index (χ3n) is 3.24. The summed E-state index contributed by atoms with van der Waals surface area (Å²) < 4.78 is 0. The van der Waals surface area contributed by atoms with Crippen LogP contribution in [0.15, 0.2) is 4.79 Å². The predicted molar refractivity (Wildman–Crippen MR) is 80.1 cm³/mol. The molecule has 5 nitrogen and oxygen atoms in total. The number of H-pyrrole nitrogens is 1. The zero-order valence-electron chi connectivity index (χ0n) is 10.3. The maximum absolute atomic E-state index is 12.2. The molecule has 0 amide bonds. The monoisotopic (exact) mass is 294 g/mol. The third kappa shape index (κ3) is 2.40. The number of aryl methyl sites for hydroxylation is 2. The highest BCUT2D eigenvalue weighted by Gasteiger charge is 2.19. The van der Waals surface area contributed by atoms with Crippen molar-refractivity contribution in [2.24, 2.45) is 5.73 Å². The summed E-state index contributed by atoms with van der Waals surface area (Å²) in [5.41, 5.74) is 6.45. The molecule has 1 aliphatic carbocycles. The maximum Gasteiger partial charge on any atom is 0.259 e. The van der Waals surface area contributed by atoms with Gasteiger partial charge in [-0.2, -0.15) is 0 Å². The van der Waals surface area contributed by atoms with Crippen LogP contribution in [-0.4, -0.2) is 15.1 Å². The number of thioether (sulfide) groups is 1. The largest absolute Gasteiger partial charge is 0.379 e. The number of aromatic nitrogens is 2. The number of nitrogens with two attached hydrogens (primary N) is 1. The Hall–Kier alpha value is -1.34. The molecule has 0 spiro atoms. The molecular weight excluding hydrogens is 280 g/mol. The minimum Gasteiger partial charge on any atom is -0.379 e. The fourth-order valence-electron chi connectivity index (χ4n) is 2.42. The second-order valence-corrected chi connectivity index (χ2v) is 6.66. The molecule has 2 heterocycles. The van der Waals surface area contributed by atoms with Crippen LogP contribution in [0.25, 0.3) is 10.2 Å². The number of aromatic amines is 1. The Morgan fingerprint density at radius 1 is 1.47 bits per heavy atom. The first kappa shape index (κ1) is 12.7. The molecule has 0 saturated heterocycles. The Morgan fingerprint density at radius 3 is 3.05 bits per heavy atom. The number of thiophene rings is 1. The number of nitrogens with one attached hydrogen (secondary N) is 2. The van der Waals surface area contributed by atoms with Crippen molar-refractivity contribution in [1.29, 1.82) is 5.41 Å². The lowest BCUT2D eigenvalue weighted by Gasteiger charge is -2.09. The Morgan fingerprint density at radius 2 is 2.26 bits per heavy atom. The molecule has 0 saturated carbocycles. The molecule has 0 fully saturated rings. The van der Waals surface area contributed by atoms with Gasteiger partial charge < -0.3 is 10.7 Å². The summed E-state index contributed by atoms with van der Waals surface area (Å²) in [6.45, 7) is 0. The van der Waals surface area contributed by atoms with Crippen LogP contribution >= 0.6 is 23.1 Å². The summed E-state index contributed by atoms with van der Waals surface area (Å²) in [5, 5.41) is 8.00. The predicted octanol–water partition coefficient (Wildman–Crippen LogP) is 1.99. The number of rotatable bonds is 2. The minimum absolute atomic E-state index is 0.0354. The molecule has 2 aromatic rings. The fourth-order valence-corrected chi connectivity index (χ4v) is 4.13. The van der Waals surface area contributed by atoms with Gasteiger partial charge in [0.05, 0.1) is 11.1 Å². The van der Waals surface area contributed by atoms with Crippen LogP contribution in [0.1, 0.15) is 29.1 Å². The molecule has 2 aromatic heterocycles. The van der Waals surface area contributed by atoms with Gasteiger partial charge in [0.25, 0.3) is 5.56 Å². The van der Waals surface area contributed by atoms with Gasteiger partial charge in [-0.1, -0.05) is 11.8 Å². The van der Waals surface area contributed by atoms with Crippen LogP contribution in [0.2, 0.25) is 0 Å². The topological polar surface area (TPSA) is 95.6 Å². The molecule has 100 valence electrons. The first-order valence-electron chi connectivity index (χ1n) is 6.15. The second-order valence-electron chi connectivity index (χ2n) is 4.56. The van der Waals surface area contributed by atoms with Crippen LogP contribution in [0.3, 0.4) is 0 Å². The minimum atomic E-state index is -0.0523. The van der Waals surface area contributed by atoms with Crippen LogP contribution in [0.5, 0.6) is 0 Å². The molecule has 3 rings (SSSR count). The number of hydrogen-bond donors (Lipinski definition) is 3. The van der Waals surface area contributed by atoms with Gasteiger partial charge in [-0.25, -0.2) is 4.98 Å². The highest BCUT2D eigenvalue weighted by Crippen LogP contribution is 2.33. The molecule has 19 heavy (non-hydrogen) atoms. The molecule has 0 aliphatic heterocycles. The molecule has 0 aromatic carbocycles. The maximum atomic E-state index is 12.2. The molecule has 0 bridgehead atoms. The molecule has 4 N–H and O–H groups in total. The van der Waals surface area contributed by atoms with Gasteiger partial charge in [0.1, 0.15) is 10.7 Å². The van der Waals surface area contributed by atoms with Crippen molar-refractivity contribution < 1.29 is 0 Å². The van der Waals surface area contributed by atoms with E-state index in [0.717, 1.165) is 29.5 Å². The molecule has 0 unspecified atom stereocenters. The van der Waals surface area contributed by atoms with Gasteiger partial charge in [0.15, 0.2) is 5.17 Å². The van der Waals surface area contributed by atoms with E-state index in [0.29, 0.717) is 11.6 Å². The molecule has 1 aliphatic rings. The Bertz CT molecular complexity index is 704. The average molecular weight is 294 g/mol. The van der Waals surface area contributed by atoms with E-state index in [9.17, 15) is 4.79 Å². The van der Waals surface area contributed by atoms with Gasteiger partial charge >= 0.3 is 0 Å². The van der Waals surface area contributed by atoms with Gasteiger partial charge in [0, 0.05) is 4.88 Å². The van der Waals surface area contributed by atoms with Gasteiger partial charge in [-0.15, -0.1) is 11.3 Å². The smallest absolute Gasteiger partial charge is 0.259 e. The van der Waals surface area contributed by atoms with E-state index in [-0.39, 0.29) is 10.7 Å². The highest BCUT2D eigenvalue weighted by molar-refractivity contribution is 8.13. The van der Waals surface area contributed by atoms with E-state index < -0.39 is 0 Å². The van der Waals surface area contributed by atoms with E-state index in [1.807, 2.05) is 0 Å². The van der Waals surface area contributed by atoms with Crippen molar-refractivity contribution in [3.63, 3.8) is 0 Å². The second kappa shape index (κ2) is 4.97. The van der Waals surface area contributed by atoms with Crippen molar-refractivity contribution >= 4 is 38.5 Å². The summed E-state index contributed by atoms with van der Waals surface area (Å²) in [7, 11) is 0. The standard InChI is InChI=1S/C12H14N4OS2/c13-12(14)18-5-8-15-10(17)9-6-3-1-2-4-7(6)19-11(9)16-8/h1-5H2,(H3,13,14)(H,15,16,17). The zero-order valence-corrected chi connectivity index (χ0v) is 11.9. The van der Waals surface area contributed by atoms with Crippen LogP contribution in [0.4, 0.5) is 0 Å². The molecule has 0 atom stereocenters. The third-order valence-corrected chi connectivity index (χ3v) is 5.15. The van der Waals surface area contributed by atoms with E-state index in [1.54, 1.807) is 11.3 Å². The Labute approximate surface area is 118 Å². The number of hydrogen-bond acceptors (Lipinski definition) is 5. The first-order chi connectivity index (χ1) is 9.15. The number of amidine groups is 1. The van der Waals surface area contributed by atoms with E-state index >= 15 is 0 Å². The van der Waals surface area contributed by atoms with Crippen molar-refractivity contribution in [1.82, 2.24) is 9.97 Å². The average Bonchev–Trinajstić information content (AvgIpc) is 2.74. The highest BCUT2D eigenvalue weighted by atomic mass is 32.2. The summed E-state index contributed by atoms with van der Waals surface area (Å²) in [6, 6.07) is 0. The van der Waals surface area contributed by atoms with Crippen molar-refractivity contribution in [3.8, 4) is 0 Å². The number of nitrogens with zero attached hydrogens (tertiary/aromatic N) is 1. The van der Waals surface area contributed by atoms with Crippen LogP contribution in [0, 0.1) is 5.41 Å². The normalized spacial score (nSPS) is 14.5. The van der Waals surface area contributed by atoms with Gasteiger partial charge in [-0.05, 0) is 31.2 Å².